The molecule has 5 rings (SSSR count). The van der Waals surface area contributed by atoms with Crippen molar-refractivity contribution in [1.82, 2.24) is 0 Å². The van der Waals surface area contributed by atoms with Crippen molar-refractivity contribution in [3.8, 4) is 0 Å². The molecule has 0 amide bonds. The number of aliphatic hydroxyl groups excluding tert-OH is 1. The molecule has 0 saturated carbocycles. The van der Waals surface area contributed by atoms with E-state index < -0.39 is 54.6 Å². The summed E-state index contributed by atoms with van der Waals surface area (Å²) in [6.45, 7) is 3.14. The van der Waals surface area contributed by atoms with Crippen LogP contribution in [-0.4, -0.2) is 92.8 Å². The summed E-state index contributed by atoms with van der Waals surface area (Å²) in [4.78, 5) is 0. The van der Waals surface area contributed by atoms with Gasteiger partial charge in [-0.05, 0) is 29.2 Å². The Labute approximate surface area is 319 Å². The molecule has 0 unspecified atom stereocenters. The Kier molecular flexibility index (Phi) is 16.6. The fourth-order valence-corrected chi connectivity index (χ4v) is 6.94. The molecule has 10 nitrogen and oxygen atoms in total. The van der Waals surface area contributed by atoms with Crippen LogP contribution in [0, 0.1) is 0 Å². The molecule has 0 spiro atoms. The maximum absolute atomic E-state index is 12.1. The fourth-order valence-electron chi connectivity index (χ4n) is 6.94. The lowest BCUT2D eigenvalue weighted by Gasteiger charge is -2.48. The van der Waals surface area contributed by atoms with Crippen molar-refractivity contribution in [2.24, 2.45) is 0 Å². The molecule has 10 heteroatoms. The average Bonchev–Trinajstić information content (AvgIpc) is 3.21. The van der Waals surface area contributed by atoms with Crippen LogP contribution in [0.3, 0.4) is 0 Å². The summed E-state index contributed by atoms with van der Waals surface area (Å²) in [5.41, 5.74) is 2.39. The lowest BCUT2D eigenvalue weighted by Crippen LogP contribution is -2.62. The number of aliphatic hydroxyl groups is 2. The topological polar surface area (TPSA) is 114 Å². The number of methoxy groups -OCH3 is 3. The average molecular weight is 745 g/mol. The van der Waals surface area contributed by atoms with Gasteiger partial charge in [0.25, 0.3) is 0 Å². The number of hydrogen-bond acceptors (Lipinski definition) is 10. The van der Waals surface area contributed by atoms with E-state index in [1.165, 1.54) is 14.2 Å². The van der Waals surface area contributed by atoms with Crippen LogP contribution in [-0.2, 0) is 64.3 Å². The maximum atomic E-state index is 12.1. The van der Waals surface area contributed by atoms with Gasteiger partial charge in [0.1, 0.15) is 30.0 Å². The Morgan fingerprint density at radius 3 is 1.52 bits per heavy atom. The molecule has 2 N–H and O–H groups in total. The first-order chi connectivity index (χ1) is 26.3. The largest absolute Gasteiger partial charge is 0.388 e. The zero-order valence-electron chi connectivity index (χ0n) is 31.8. The first-order valence-electron chi connectivity index (χ1n) is 18.6. The van der Waals surface area contributed by atoms with Crippen LogP contribution in [0.5, 0.6) is 0 Å². The molecule has 1 saturated heterocycles. The Bertz CT molecular complexity index is 1580. The highest BCUT2D eigenvalue weighted by molar-refractivity contribution is 5.16. The summed E-state index contributed by atoms with van der Waals surface area (Å²) >= 11 is 0. The SMILES string of the molecule is CO[C@H]1O[C@H](C)[C@@](O)([C@@H](C[C@H](OC)[C@@H](OCc2ccccc2)[C@@H](OCc2ccccc2)[C@@H](COCc2ccccc2)OCc2ccccc2)OC)C[C@H]1O. The summed E-state index contributed by atoms with van der Waals surface area (Å²) < 4.78 is 50.3. The highest BCUT2D eigenvalue weighted by Crippen LogP contribution is 2.37. The van der Waals surface area contributed by atoms with Gasteiger partial charge in [0.15, 0.2) is 6.29 Å². The third kappa shape index (κ3) is 11.7. The van der Waals surface area contributed by atoms with Crippen LogP contribution in [0.15, 0.2) is 121 Å². The van der Waals surface area contributed by atoms with Gasteiger partial charge < -0.3 is 48.1 Å². The zero-order valence-corrected chi connectivity index (χ0v) is 31.8. The molecule has 292 valence electrons. The molecule has 1 fully saturated rings. The minimum Gasteiger partial charge on any atom is -0.388 e. The predicted octanol–water partition coefficient (Wildman–Crippen LogP) is 6.25. The number of hydrogen-bond donors (Lipinski definition) is 2. The normalized spacial score (nSPS) is 23.0. The van der Waals surface area contributed by atoms with E-state index in [4.69, 9.17) is 37.9 Å². The van der Waals surface area contributed by atoms with E-state index in [1.807, 2.05) is 121 Å². The number of ether oxygens (including phenoxy) is 8. The van der Waals surface area contributed by atoms with E-state index >= 15 is 0 Å². The standard InChI is InChI=1S/C44H56O10/c1-32-44(46,26-37(45)43(49-4)54-32)40(48-3)25-38(47-2)41(52-29-35-21-13-7-14-22-35)42(53-30-36-23-15-8-16-24-36)39(51-28-34-19-11-6-12-20-34)31-50-27-33-17-9-5-10-18-33/h5-24,32,37-43,45-46H,25-31H2,1-4H3/t32-,37-,38+,39-,40-,41-,42+,43+,44-/m1/s1. The predicted molar refractivity (Wildman–Crippen MR) is 204 cm³/mol. The molecule has 1 aliphatic rings. The van der Waals surface area contributed by atoms with Gasteiger partial charge >= 0.3 is 0 Å². The van der Waals surface area contributed by atoms with Crippen molar-refractivity contribution in [1.29, 1.82) is 0 Å². The van der Waals surface area contributed by atoms with E-state index in [1.54, 1.807) is 14.0 Å². The summed E-state index contributed by atoms with van der Waals surface area (Å²) in [6.07, 6.45) is -6.15. The van der Waals surface area contributed by atoms with Crippen molar-refractivity contribution < 1.29 is 48.1 Å². The van der Waals surface area contributed by atoms with Crippen molar-refractivity contribution in [3.05, 3.63) is 144 Å². The van der Waals surface area contributed by atoms with E-state index in [-0.39, 0.29) is 32.7 Å². The fraction of sp³-hybridized carbons (Fsp3) is 0.455. The van der Waals surface area contributed by atoms with E-state index in [0.29, 0.717) is 13.2 Å². The van der Waals surface area contributed by atoms with Crippen molar-refractivity contribution in [2.75, 3.05) is 27.9 Å². The summed E-state index contributed by atoms with van der Waals surface area (Å²) in [5, 5.41) is 23.0. The molecule has 0 bridgehead atoms. The molecule has 0 radical (unpaired) electrons. The molecule has 4 aromatic rings. The van der Waals surface area contributed by atoms with Gasteiger partial charge in [-0.25, -0.2) is 0 Å². The van der Waals surface area contributed by atoms with Crippen LogP contribution in [0.25, 0.3) is 0 Å². The van der Waals surface area contributed by atoms with Gasteiger partial charge in [-0.15, -0.1) is 0 Å². The van der Waals surface area contributed by atoms with E-state index in [9.17, 15) is 10.2 Å². The summed E-state index contributed by atoms with van der Waals surface area (Å²) in [7, 11) is 4.60. The molecule has 0 aliphatic carbocycles. The molecule has 4 aromatic carbocycles. The minimum atomic E-state index is -1.58. The quantitative estimate of drug-likeness (QED) is 0.0958. The first kappa shape index (κ1) is 41.6. The highest BCUT2D eigenvalue weighted by Gasteiger charge is 2.52. The summed E-state index contributed by atoms with van der Waals surface area (Å²) in [6, 6.07) is 39.8. The molecule has 1 heterocycles. The third-order valence-corrected chi connectivity index (χ3v) is 10.0. The third-order valence-electron chi connectivity index (χ3n) is 10.0. The minimum absolute atomic E-state index is 0.0266. The molecule has 0 aromatic heterocycles. The lowest BCUT2D eigenvalue weighted by atomic mass is 9.79. The Morgan fingerprint density at radius 2 is 1.07 bits per heavy atom. The van der Waals surface area contributed by atoms with Crippen LogP contribution in [0.2, 0.25) is 0 Å². The second-order valence-electron chi connectivity index (χ2n) is 13.7. The smallest absolute Gasteiger partial charge is 0.183 e. The second-order valence-corrected chi connectivity index (χ2v) is 13.7. The van der Waals surface area contributed by atoms with Crippen molar-refractivity contribution in [3.63, 3.8) is 0 Å². The Balaban J connectivity index is 1.50. The number of rotatable bonds is 22. The molecule has 54 heavy (non-hydrogen) atoms. The molecule has 9 atom stereocenters. The monoisotopic (exact) mass is 744 g/mol. The van der Waals surface area contributed by atoms with Crippen molar-refractivity contribution in [2.45, 2.75) is 101 Å². The van der Waals surface area contributed by atoms with Crippen LogP contribution in [0.4, 0.5) is 0 Å². The van der Waals surface area contributed by atoms with Gasteiger partial charge in [-0.3, -0.25) is 0 Å². The molecular weight excluding hydrogens is 688 g/mol. The highest BCUT2D eigenvalue weighted by atomic mass is 16.7. The van der Waals surface area contributed by atoms with E-state index in [2.05, 4.69) is 0 Å². The second kappa shape index (κ2) is 21.5. The Hall–Kier alpha value is -3.52. The van der Waals surface area contributed by atoms with Crippen LogP contribution >= 0.6 is 0 Å². The van der Waals surface area contributed by atoms with E-state index in [0.717, 1.165) is 22.3 Å². The van der Waals surface area contributed by atoms with Gasteiger partial charge in [0.2, 0.25) is 0 Å². The Morgan fingerprint density at radius 1 is 0.630 bits per heavy atom. The summed E-state index contributed by atoms with van der Waals surface area (Å²) in [5.74, 6) is 0. The van der Waals surface area contributed by atoms with Crippen LogP contribution < -0.4 is 0 Å². The van der Waals surface area contributed by atoms with Gasteiger partial charge in [0, 0.05) is 34.2 Å². The first-order valence-corrected chi connectivity index (χ1v) is 18.6. The molecular formula is C44H56O10. The van der Waals surface area contributed by atoms with Crippen LogP contribution in [0.1, 0.15) is 42.0 Å². The lowest BCUT2D eigenvalue weighted by molar-refractivity contribution is -0.302. The van der Waals surface area contributed by atoms with Gasteiger partial charge in [-0.2, -0.15) is 0 Å². The van der Waals surface area contributed by atoms with Gasteiger partial charge in [-0.1, -0.05) is 121 Å². The van der Waals surface area contributed by atoms with Gasteiger partial charge in [0.05, 0.1) is 51.3 Å². The maximum Gasteiger partial charge on any atom is 0.183 e. The zero-order chi connectivity index (χ0) is 38.2. The molecule has 1 aliphatic heterocycles. The number of benzene rings is 4. The van der Waals surface area contributed by atoms with Crippen molar-refractivity contribution >= 4 is 0 Å².